The van der Waals surface area contributed by atoms with Crippen molar-refractivity contribution in [1.82, 2.24) is 0 Å². The van der Waals surface area contributed by atoms with Gasteiger partial charge >= 0.3 is 5.69 Å². The molecule has 1 N–H and O–H groups in total. The van der Waals surface area contributed by atoms with Crippen LogP contribution in [-0.2, 0) is 6.42 Å². The van der Waals surface area contributed by atoms with Crippen LogP contribution in [0.25, 0.3) is 0 Å². The molecule has 0 aromatic heterocycles. The molecule has 4 rings (SSSR count). The molecule has 0 radical (unpaired) electrons. The third kappa shape index (κ3) is 2.14. The Bertz CT molecular complexity index is 761. The van der Waals surface area contributed by atoms with Gasteiger partial charge in [-0.3, -0.25) is 14.9 Å². The highest BCUT2D eigenvalue weighted by Crippen LogP contribution is 2.60. The zero-order chi connectivity index (χ0) is 17.1. The van der Waals surface area contributed by atoms with Gasteiger partial charge in [0, 0.05) is 6.07 Å². The lowest BCUT2D eigenvalue weighted by Gasteiger charge is -2.49. The number of rotatable bonds is 1. The summed E-state index contributed by atoms with van der Waals surface area (Å²) in [5, 5.41) is 21.6. The van der Waals surface area contributed by atoms with E-state index in [9.17, 15) is 20.0 Å². The number of nitro groups is 1. The molecule has 1 aromatic carbocycles. The third-order valence-electron chi connectivity index (χ3n) is 7.08. The molecule has 3 aliphatic carbocycles. The van der Waals surface area contributed by atoms with Crippen molar-refractivity contribution in [2.75, 3.05) is 0 Å². The molecule has 5 heteroatoms. The van der Waals surface area contributed by atoms with Gasteiger partial charge in [-0.05, 0) is 78.9 Å². The molecule has 0 heterocycles. The highest BCUT2D eigenvalue weighted by Gasteiger charge is 2.54. The maximum atomic E-state index is 12.0. The first kappa shape index (κ1) is 15.8. The molecule has 5 nitrogen and oxygen atoms in total. The van der Waals surface area contributed by atoms with Crippen LogP contribution in [0.5, 0.6) is 0 Å². The molecular weight excluding hydrogens is 306 g/mol. The highest BCUT2D eigenvalue weighted by atomic mass is 16.6. The van der Waals surface area contributed by atoms with Crippen LogP contribution in [0.4, 0.5) is 5.69 Å². The predicted octanol–water partition coefficient (Wildman–Crippen LogP) is 3.17. The van der Waals surface area contributed by atoms with E-state index in [1.807, 2.05) is 6.07 Å². The molecule has 24 heavy (non-hydrogen) atoms. The minimum Gasteiger partial charge on any atom is -0.393 e. The fourth-order valence-corrected chi connectivity index (χ4v) is 5.77. The minimum absolute atomic E-state index is 0.0192. The average Bonchev–Trinajstić information content (AvgIpc) is 2.74. The first-order valence-electron chi connectivity index (χ1n) is 8.91. The summed E-state index contributed by atoms with van der Waals surface area (Å²) in [7, 11) is 0. The lowest BCUT2D eigenvalue weighted by Crippen LogP contribution is -2.43. The smallest absolute Gasteiger partial charge is 0.316 e. The molecule has 0 spiro atoms. The fourth-order valence-electron chi connectivity index (χ4n) is 5.77. The molecule has 0 aliphatic heterocycles. The predicted molar refractivity (Wildman–Crippen MR) is 90.0 cm³/mol. The summed E-state index contributed by atoms with van der Waals surface area (Å²) in [5.41, 5.74) is 1.28. The van der Waals surface area contributed by atoms with Gasteiger partial charge in [0.25, 0.3) is 5.43 Å². The summed E-state index contributed by atoms with van der Waals surface area (Å²) in [5.74, 6) is 1.40. The Hall–Kier alpha value is -1.75. The maximum Gasteiger partial charge on any atom is 0.316 e. The Balaban J connectivity index is 1.77. The number of fused-ring (bicyclic) bond motifs is 5. The van der Waals surface area contributed by atoms with Crippen LogP contribution in [0.2, 0.25) is 0 Å². The summed E-state index contributed by atoms with van der Waals surface area (Å²) in [6, 6.07) is 4.71. The number of aliphatic hydroxyl groups excluding tert-OH is 1. The molecule has 0 bridgehead atoms. The van der Waals surface area contributed by atoms with E-state index in [-0.39, 0.29) is 17.2 Å². The topological polar surface area (TPSA) is 80.4 Å². The van der Waals surface area contributed by atoms with E-state index in [0.717, 1.165) is 49.7 Å². The van der Waals surface area contributed by atoms with Crippen LogP contribution in [0.1, 0.15) is 56.1 Å². The normalized spacial score (nSPS) is 37.2. The summed E-state index contributed by atoms with van der Waals surface area (Å²) < 4.78 is 0. The summed E-state index contributed by atoms with van der Waals surface area (Å²) in [6.45, 7) is 2.23. The van der Waals surface area contributed by atoms with E-state index in [0.29, 0.717) is 17.8 Å². The van der Waals surface area contributed by atoms with E-state index in [2.05, 4.69) is 6.92 Å². The Morgan fingerprint density at radius 1 is 1.25 bits per heavy atom. The Morgan fingerprint density at radius 2 is 2.04 bits per heavy atom. The zero-order valence-corrected chi connectivity index (χ0v) is 13.9. The van der Waals surface area contributed by atoms with Gasteiger partial charge in [0.15, 0.2) is 0 Å². The molecule has 2 fully saturated rings. The van der Waals surface area contributed by atoms with Gasteiger partial charge in [-0.25, -0.2) is 0 Å². The van der Waals surface area contributed by atoms with Gasteiger partial charge in [-0.15, -0.1) is 0 Å². The molecule has 3 aliphatic rings. The molecule has 1 aromatic rings. The molecule has 2 saturated carbocycles. The minimum atomic E-state index is -0.569. The van der Waals surface area contributed by atoms with E-state index < -0.39 is 10.4 Å². The Labute approximate surface area is 140 Å². The van der Waals surface area contributed by atoms with Gasteiger partial charge in [0.1, 0.15) is 0 Å². The molecule has 0 saturated heterocycles. The summed E-state index contributed by atoms with van der Waals surface area (Å²) >= 11 is 0. The van der Waals surface area contributed by atoms with Crippen molar-refractivity contribution >= 4 is 5.69 Å². The number of nitrogens with zero attached hydrogens (tertiary/aromatic N) is 1. The van der Waals surface area contributed by atoms with E-state index >= 15 is 0 Å². The largest absolute Gasteiger partial charge is 0.393 e. The van der Waals surface area contributed by atoms with Crippen LogP contribution >= 0.6 is 0 Å². The molecule has 5 atom stereocenters. The van der Waals surface area contributed by atoms with Crippen LogP contribution in [0.3, 0.4) is 0 Å². The maximum absolute atomic E-state index is 12.0. The second-order valence-corrected chi connectivity index (χ2v) is 8.02. The van der Waals surface area contributed by atoms with Crippen LogP contribution in [0.15, 0.2) is 23.0 Å². The van der Waals surface area contributed by atoms with Gasteiger partial charge in [-0.1, -0.05) is 13.0 Å². The molecule has 0 amide bonds. The van der Waals surface area contributed by atoms with Gasteiger partial charge in [0.05, 0.1) is 11.0 Å². The number of hydrogen-bond donors (Lipinski definition) is 1. The van der Waals surface area contributed by atoms with Crippen LogP contribution in [0, 0.1) is 27.4 Å². The first-order chi connectivity index (χ1) is 11.4. The van der Waals surface area contributed by atoms with E-state index in [1.165, 1.54) is 12.1 Å². The van der Waals surface area contributed by atoms with Gasteiger partial charge in [-0.2, -0.15) is 0 Å². The third-order valence-corrected chi connectivity index (χ3v) is 7.08. The van der Waals surface area contributed by atoms with Crippen molar-refractivity contribution in [3.8, 4) is 0 Å². The number of aliphatic hydroxyl groups is 1. The highest BCUT2D eigenvalue weighted by molar-refractivity contribution is 5.41. The fraction of sp³-hybridized carbons (Fsp3) is 0.632. The van der Waals surface area contributed by atoms with Crippen molar-refractivity contribution < 1.29 is 10.0 Å². The molecule has 0 unspecified atom stereocenters. The SMILES string of the molecule is C[C@]12CC[C@@H]3c4ccc(=O)c([N+](=O)[O-])cc4CC[C@H]3[C@@H]1CC[C@@H]2O. The van der Waals surface area contributed by atoms with Gasteiger partial charge in [0.2, 0.25) is 0 Å². The quantitative estimate of drug-likeness (QED) is 0.634. The van der Waals surface area contributed by atoms with Crippen molar-refractivity contribution in [1.29, 1.82) is 0 Å². The standard InChI is InChI=1S/C19H23NO4/c1-19-9-8-13-12-4-6-17(21)16(20(23)24)10-11(12)2-3-14(13)15(19)5-7-18(19)22/h4,6,10,13-15,18,22H,2-3,5,7-9H2,1H3/t13-,14-,15+,18+,19+/m1/s1. The van der Waals surface area contributed by atoms with Crippen LogP contribution in [-0.4, -0.2) is 16.1 Å². The molecular formula is C19H23NO4. The second kappa shape index (κ2) is 5.38. The van der Waals surface area contributed by atoms with Gasteiger partial charge < -0.3 is 5.11 Å². The first-order valence-corrected chi connectivity index (χ1v) is 8.91. The zero-order valence-electron chi connectivity index (χ0n) is 13.9. The number of aryl methyl sites for hydroxylation is 1. The average molecular weight is 329 g/mol. The summed E-state index contributed by atoms with van der Waals surface area (Å²) in [6.07, 6.45) is 5.52. The second-order valence-electron chi connectivity index (χ2n) is 8.02. The van der Waals surface area contributed by atoms with Crippen molar-refractivity contribution in [2.24, 2.45) is 17.3 Å². The monoisotopic (exact) mass is 329 g/mol. The van der Waals surface area contributed by atoms with E-state index in [1.54, 1.807) is 0 Å². The Morgan fingerprint density at radius 3 is 2.79 bits per heavy atom. The van der Waals surface area contributed by atoms with E-state index in [4.69, 9.17) is 0 Å². The van der Waals surface area contributed by atoms with Crippen molar-refractivity contribution in [2.45, 2.75) is 57.5 Å². The molecule has 128 valence electrons. The van der Waals surface area contributed by atoms with Crippen molar-refractivity contribution in [3.63, 3.8) is 0 Å². The number of hydrogen-bond acceptors (Lipinski definition) is 4. The lowest BCUT2D eigenvalue weighted by molar-refractivity contribution is -0.385. The van der Waals surface area contributed by atoms with Crippen LogP contribution < -0.4 is 5.43 Å². The summed E-state index contributed by atoms with van der Waals surface area (Å²) in [4.78, 5) is 22.5. The Kier molecular flexibility index (Phi) is 3.53. The lowest BCUT2D eigenvalue weighted by atomic mass is 9.55. The van der Waals surface area contributed by atoms with Crippen molar-refractivity contribution in [3.05, 3.63) is 49.7 Å².